The van der Waals surface area contributed by atoms with Crippen LogP contribution < -0.4 is 5.32 Å². The number of ether oxygens (including phenoxy) is 3. The van der Waals surface area contributed by atoms with Gasteiger partial charge in [0.1, 0.15) is 24.4 Å². The first-order valence-corrected chi connectivity index (χ1v) is 14.4. The molecule has 218 valence electrons. The summed E-state index contributed by atoms with van der Waals surface area (Å²) in [6, 6.07) is -0.776. The van der Waals surface area contributed by atoms with E-state index in [1.54, 1.807) is 0 Å². The Labute approximate surface area is 226 Å². The number of hydrogen-bond acceptors (Lipinski definition) is 8. The molecule has 3 rings (SSSR count). The standard InChI is InChI=1S/C28H48N2O8/c1-3-20-9-7-11-22(14-13-20)37-18-21-10-8-15-30(21)24(33)12-5-4-6-16-36-28-25(29-19(2)32)27(35)26(34)23(17-31)38-28/h3,20-23,25-28,31,34-35H,1,4-18H2,2H3,(H,29,32)/t20?,21-,22?,23?,25?,26?,27?,28?/m0/s1. The minimum Gasteiger partial charge on any atom is -0.394 e. The highest BCUT2D eigenvalue weighted by Gasteiger charge is 2.45. The van der Waals surface area contributed by atoms with Crippen molar-refractivity contribution in [2.45, 2.75) is 120 Å². The second kappa shape index (κ2) is 15.9. The smallest absolute Gasteiger partial charge is 0.222 e. The summed E-state index contributed by atoms with van der Waals surface area (Å²) < 4.78 is 17.6. The van der Waals surface area contributed by atoms with Gasteiger partial charge in [0.05, 0.1) is 25.4 Å². The lowest BCUT2D eigenvalue weighted by atomic mass is 9.97. The number of amides is 2. The van der Waals surface area contributed by atoms with E-state index in [0.717, 1.165) is 51.5 Å². The third-order valence-corrected chi connectivity index (χ3v) is 8.08. The van der Waals surface area contributed by atoms with Gasteiger partial charge in [0.25, 0.3) is 0 Å². The predicted molar refractivity (Wildman–Crippen MR) is 141 cm³/mol. The summed E-state index contributed by atoms with van der Waals surface area (Å²) in [7, 11) is 0. The summed E-state index contributed by atoms with van der Waals surface area (Å²) >= 11 is 0. The number of likely N-dealkylation sites (tertiary alicyclic amines) is 1. The van der Waals surface area contributed by atoms with Gasteiger partial charge in [-0.3, -0.25) is 9.59 Å². The molecule has 3 fully saturated rings. The molecule has 2 amide bonds. The molecule has 0 bridgehead atoms. The molecule has 0 aromatic carbocycles. The zero-order valence-electron chi connectivity index (χ0n) is 22.8. The fourth-order valence-electron chi connectivity index (χ4n) is 5.79. The molecule has 2 saturated heterocycles. The van der Waals surface area contributed by atoms with Crippen LogP contribution in [0, 0.1) is 5.92 Å². The quantitative estimate of drug-likeness (QED) is 0.157. The summed E-state index contributed by atoms with van der Waals surface area (Å²) in [4.78, 5) is 26.4. The molecular formula is C28H48N2O8. The Balaban J connectivity index is 1.34. The molecule has 10 heteroatoms. The molecule has 0 aromatic rings. The van der Waals surface area contributed by atoms with Gasteiger partial charge < -0.3 is 39.7 Å². The molecule has 3 aliphatic rings. The molecule has 1 saturated carbocycles. The first-order chi connectivity index (χ1) is 18.3. The zero-order valence-corrected chi connectivity index (χ0v) is 22.8. The lowest BCUT2D eigenvalue weighted by Gasteiger charge is -2.42. The minimum absolute atomic E-state index is 0.166. The highest BCUT2D eigenvalue weighted by Crippen LogP contribution is 2.27. The fourth-order valence-corrected chi connectivity index (χ4v) is 5.79. The summed E-state index contributed by atoms with van der Waals surface area (Å²) in [6.45, 7) is 6.47. The number of carbonyl (C=O) groups excluding carboxylic acids is 2. The van der Waals surface area contributed by atoms with Crippen molar-refractivity contribution in [3.05, 3.63) is 12.7 Å². The van der Waals surface area contributed by atoms with E-state index in [0.29, 0.717) is 32.0 Å². The third-order valence-electron chi connectivity index (χ3n) is 8.08. The van der Waals surface area contributed by atoms with Crippen molar-refractivity contribution < 1.29 is 39.1 Å². The number of rotatable bonds is 13. The molecule has 0 radical (unpaired) electrons. The molecule has 7 unspecified atom stereocenters. The lowest BCUT2D eigenvalue weighted by Crippen LogP contribution is -2.64. The van der Waals surface area contributed by atoms with Gasteiger partial charge in [0.2, 0.25) is 11.8 Å². The van der Waals surface area contributed by atoms with Crippen LogP contribution in [0.2, 0.25) is 0 Å². The maximum Gasteiger partial charge on any atom is 0.222 e. The van der Waals surface area contributed by atoms with Gasteiger partial charge in [0, 0.05) is 26.5 Å². The fraction of sp³-hybridized carbons (Fsp3) is 0.857. The summed E-state index contributed by atoms with van der Waals surface area (Å²) in [5, 5.41) is 32.4. The maximum absolute atomic E-state index is 12.9. The van der Waals surface area contributed by atoms with Crippen LogP contribution in [0.15, 0.2) is 12.7 Å². The molecule has 38 heavy (non-hydrogen) atoms. The lowest BCUT2D eigenvalue weighted by molar-refractivity contribution is -0.270. The predicted octanol–water partition coefficient (Wildman–Crippen LogP) is 1.65. The molecule has 4 N–H and O–H groups in total. The number of carbonyl (C=O) groups is 2. The number of unbranched alkanes of at least 4 members (excludes halogenated alkanes) is 2. The zero-order chi connectivity index (χ0) is 27.5. The van der Waals surface area contributed by atoms with Crippen molar-refractivity contribution >= 4 is 11.8 Å². The molecule has 2 aliphatic heterocycles. The normalized spacial score (nSPS) is 34.1. The van der Waals surface area contributed by atoms with E-state index in [-0.39, 0.29) is 24.0 Å². The van der Waals surface area contributed by atoms with Crippen molar-refractivity contribution in [2.24, 2.45) is 5.92 Å². The first kappa shape index (κ1) is 31.0. The second-order valence-corrected chi connectivity index (χ2v) is 11.0. The number of nitrogens with one attached hydrogen (secondary N) is 1. The Bertz CT molecular complexity index is 752. The number of aliphatic hydroxyl groups excluding tert-OH is 3. The number of hydrogen-bond donors (Lipinski definition) is 4. The van der Waals surface area contributed by atoms with Crippen LogP contribution in [0.1, 0.15) is 77.6 Å². The summed E-state index contributed by atoms with van der Waals surface area (Å²) in [5.41, 5.74) is 0. The van der Waals surface area contributed by atoms with E-state index in [9.17, 15) is 24.9 Å². The van der Waals surface area contributed by atoms with Crippen LogP contribution in [-0.2, 0) is 23.8 Å². The Hall–Kier alpha value is -1.56. The maximum atomic E-state index is 12.9. The molecule has 0 spiro atoms. The molecular weight excluding hydrogens is 492 g/mol. The van der Waals surface area contributed by atoms with Crippen molar-refractivity contribution in [3.8, 4) is 0 Å². The van der Waals surface area contributed by atoms with Crippen molar-refractivity contribution in [3.63, 3.8) is 0 Å². The van der Waals surface area contributed by atoms with Crippen molar-refractivity contribution in [1.82, 2.24) is 10.2 Å². The van der Waals surface area contributed by atoms with E-state index < -0.39 is 37.3 Å². The van der Waals surface area contributed by atoms with Crippen molar-refractivity contribution in [2.75, 3.05) is 26.4 Å². The number of aliphatic hydroxyl groups is 3. The average molecular weight is 541 g/mol. The van der Waals surface area contributed by atoms with Gasteiger partial charge in [-0.2, -0.15) is 0 Å². The van der Waals surface area contributed by atoms with E-state index in [1.165, 1.54) is 19.8 Å². The van der Waals surface area contributed by atoms with E-state index in [1.807, 2.05) is 4.90 Å². The largest absolute Gasteiger partial charge is 0.394 e. The molecule has 1 aliphatic carbocycles. The SMILES string of the molecule is C=CC1CCCC(OC[C@@H]2CCCN2C(=O)CCCCCOC2OC(CO)C(O)C(O)C2NC(C)=O)CC1. The summed E-state index contributed by atoms with van der Waals surface area (Å²) in [6.07, 6.45) is 8.04. The third kappa shape index (κ3) is 8.99. The Morgan fingerprint density at radius 3 is 2.61 bits per heavy atom. The van der Waals surface area contributed by atoms with Crippen LogP contribution in [0.25, 0.3) is 0 Å². The minimum atomic E-state index is -1.33. The topological polar surface area (TPSA) is 138 Å². The Morgan fingerprint density at radius 2 is 1.87 bits per heavy atom. The van der Waals surface area contributed by atoms with Gasteiger partial charge >= 0.3 is 0 Å². The summed E-state index contributed by atoms with van der Waals surface area (Å²) in [5.74, 6) is 0.388. The molecule has 10 nitrogen and oxygen atoms in total. The highest BCUT2D eigenvalue weighted by molar-refractivity contribution is 5.76. The van der Waals surface area contributed by atoms with E-state index in [2.05, 4.69) is 18.0 Å². The van der Waals surface area contributed by atoms with Gasteiger partial charge in [-0.1, -0.05) is 18.9 Å². The van der Waals surface area contributed by atoms with Crippen molar-refractivity contribution in [1.29, 1.82) is 0 Å². The van der Waals surface area contributed by atoms with Crippen LogP contribution in [0.3, 0.4) is 0 Å². The first-order valence-electron chi connectivity index (χ1n) is 14.4. The van der Waals surface area contributed by atoms with Gasteiger partial charge in [0.15, 0.2) is 6.29 Å². The van der Waals surface area contributed by atoms with Crippen LogP contribution in [-0.4, -0.2) is 101 Å². The van der Waals surface area contributed by atoms with Gasteiger partial charge in [-0.25, -0.2) is 0 Å². The van der Waals surface area contributed by atoms with Crippen LogP contribution >= 0.6 is 0 Å². The van der Waals surface area contributed by atoms with E-state index >= 15 is 0 Å². The van der Waals surface area contributed by atoms with Crippen LogP contribution in [0.4, 0.5) is 0 Å². The van der Waals surface area contributed by atoms with Crippen LogP contribution in [0.5, 0.6) is 0 Å². The molecule has 8 atom stereocenters. The number of allylic oxidation sites excluding steroid dienone is 1. The second-order valence-electron chi connectivity index (χ2n) is 11.0. The Kier molecular flexibility index (Phi) is 12.9. The number of nitrogens with zero attached hydrogens (tertiary/aromatic N) is 1. The van der Waals surface area contributed by atoms with Gasteiger partial charge in [-0.05, 0) is 57.3 Å². The Morgan fingerprint density at radius 1 is 1.05 bits per heavy atom. The molecule has 2 heterocycles. The highest BCUT2D eigenvalue weighted by atomic mass is 16.7. The van der Waals surface area contributed by atoms with Gasteiger partial charge in [-0.15, -0.1) is 6.58 Å². The average Bonchev–Trinajstić information content (AvgIpc) is 3.26. The van der Waals surface area contributed by atoms with E-state index in [4.69, 9.17) is 14.2 Å². The molecule has 0 aromatic heterocycles. The monoisotopic (exact) mass is 540 g/mol.